The molecule has 0 aromatic heterocycles. The molecule has 6 heteroatoms. The molecule has 0 aliphatic rings. The number of hydrogen-bond donors (Lipinski definition) is 0. The van der Waals surface area contributed by atoms with E-state index in [1.54, 1.807) is 25.2 Å². The van der Waals surface area contributed by atoms with Crippen molar-refractivity contribution < 1.29 is 23.1 Å². The first-order chi connectivity index (χ1) is 20.5. The number of likely N-dealkylation sites (N-methyl/N-ethyl adjacent to an activating group) is 1. The van der Waals surface area contributed by atoms with E-state index in [2.05, 4.69) is 45.8 Å². The Morgan fingerprint density at radius 2 is 1.39 bits per heavy atom. The summed E-state index contributed by atoms with van der Waals surface area (Å²) in [6, 6.07) is 2.41. The summed E-state index contributed by atoms with van der Waals surface area (Å²) in [6.45, 7) is 27.6. The van der Waals surface area contributed by atoms with Crippen LogP contribution in [0.4, 0.5) is 8.78 Å². The molecule has 0 aliphatic carbocycles. The molecule has 250 valence electrons. The monoisotopic (exact) mass is 617 g/mol. The lowest BCUT2D eigenvalue weighted by atomic mass is 9.98. The van der Waals surface area contributed by atoms with Gasteiger partial charge in [-0.2, -0.15) is 0 Å². The second-order valence-electron chi connectivity index (χ2n) is 12.3. The van der Waals surface area contributed by atoms with Crippen LogP contribution >= 0.6 is 0 Å². The Morgan fingerprint density at radius 1 is 0.864 bits per heavy atom. The summed E-state index contributed by atoms with van der Waals surface area (Å²) in [5.41, 5.74) is 2.21. The van der Waals surface area contributed by atoms with E-state index in [1.807, 2.05) is 27.8 Å². The van der Waals surface area contributed by atoms with Gasteiger partial charge in [-0.1, -0.05) is 106 Å². The van der Waals surface area contributed by atoms with Gasteiger partial charge in [0.25, 0.3) is 0 Å². The quantitative estimate of drug-likeness (QED) is 0.112. The topological polar surface area (TPSA) is 46.6 Å². The first-order valence-corrected chi connectivity index (χ1v) is 16.1. The predicted octanol–water partition coefficient (Wildman–Crippen LogP) is 11.3. The fourth-order valence-corrected chi connectivity index (χ4v) is 4.31. The average Bonchev–Trinajstić information content (AvgIpc) is 2.95. The fourth-order valence-electron chi connectivity index (χ4n) is 4.31. The SMILES string of the molecule is C=CC(/C=C(\C)c1cc(F)c(C(C)=O)cc1F)=C(/C=C)N(C)C(CCC)CCCC.CC(=O)OCC(C)(C)C.CCCCC. The summed E-state index contributed by atoms with van der Waals surface area (Å²) in [5, 5.41) is 0. The number of unbranched alkanes of at least 4 members (excludes halogenated alkanes) is 3. The smallest absolute Gasteiger partial charge is 0.302 e. The van der Waals surface area contributed by atoms with Crippen LogP contribution in [0.3, 0.4) is 0 Å². The Labute approximate surface area is 268 Å². The average molecular weight is 618 g/mol. The van der Waals surface area contributed by atoms with E-state index in [9.17, 15) is 18.4 Å². The van der Waals surface area contributed by atoms with Gasteiger partial charge in [-0.05, 0) is 67.5 Å². The predicted molar refractivity (Wildman–Crippen MR) is 185 cm³/mol. The van der Waals surface area contributed by atoms with E-state index >= 15 is 0 Å². The minimum absolute atomic E-state index is 0.0890. The molecular formula is C38H61F2NO3. The van der Waals surface area contributed by atoms with Gasteiger partial charge in [-0.25, -0.2) is 8.78 Å². The zero-order chi connectivity index (χ0) is 34.5. The van der Waals surface area contributed by atoms with E-state index < -0.39 is 17.4 Å². The van der Waals surface area contributed by atoms with E-state index in [0.29, 0.717) is 18.2 Å². The highest BCUT2D eigenvalue weighted by atomic mass is 19.1. The highest BCUT2D eigenvalue weighted by Gasteiger charge is 2.18. The molecule has 0 amide bonds. The molecule has 0 saturated heterocycles. The first kappa shape index (κ1) is 43.1. The zero-order valence-electron chi connectivity index (χ0n) is 29.7. The summed E-state index contributed by atoms with van der Waals surface area (Å²) in [7, 11) is 2.04. The normalized spacial score (nSPS) is 12.4. The standard InChI is InChI=1S/C26H35F2NO.C7H14O2.C5H12/c1-8-12-14-21(13-9-2)29(7)26(11-4)20(10-3)15-18(5)22-16-25(28)23(19(6)30)17-24(22)27;1-6(8)9-5-7(2,3)4;1-3-5-4-2/h10-11,15-17,21H,3-4,8-9,12-14H2,1-2,5-7H3;5H2,1-4H3;3-5H2,1-2H3/b18-15+,26-20+;;. The third-order valence-electron chi connectivity index (χ3n) is 6.80. The van der Waals surface area contributed by atoms with Gasteiger partial charge in [-0.3, -0.25) is 9.59 Å². The second kappa shape index (κ2) is 23.4. The molecule has 0 N–H and O–H groups in total. The minimum atomic E-state index is -0.723. The maximum Gasteiger partial charge on any atom is 0.302 e. The van der Waals surface area contributed by atoms with E-state index in [-0.39, 0.29) is 22.5 Å². The lowest BCUT2D eigenvalue weighted by Crippen LogP contribution is -2.31. The van der Waals surface area contributed by atoms with E-state index in [0.717, 1.165) is 55.5 Å². The van der Waals surface area contributed by atoms with Crippen LogP contribution in [0.1, 0.15) is 137 Å². The molecule has 0 bridgehead atoms. The Hall–Kier alpha value is -3.02. The third-order valence-corrected chi connectivity index (χ3v) is 6.80. The number of benzene rings is 1. The number of ether oxygens (including phenoxy) is 1. The molecular weight excluding hydrogens is 556 g/mol. The van der Waals surface area contributed by atoms with Crippen LogP contribution in [-0.4, -0.2) is 36.3 Å². The number of carbonyl (C=O) groups excluding carboxylic acids is 2. The molecule has 1 aromatic carbocycles. The number of hydrogen-bond acceptors (Lipinski definition) is 4. The van der Waals surface area contributed by atoms with Crippen LogP contribution in [0.2, 0.25) is 0 Å². The van der Waals surface area contributed by atoms with E-state index in [1.165, 1.54) is 33.1 Å². The number of esters is 1. The van der Waals surface area contributed by atoms with Gasteiger partial charge < -0.3 is 9.64 Å². The Bertz CT molecular complexity index is 1090. The lowest BCUT2D eigenvalue weighted by molar-refractivity contribution is -0.143. The number of rotatable bonds is 15. The van der Waals surface area contributed by atoms with Crippen LogP contribution in [0, 0.1) is 17.0 Å². The molecule has 4 nitrogen and oxygen atoms in total. The van der Waals surface area contributed by atoms with Crippen LogP contribution in [-0.2, 0) is 9.53 Å². The molecule has 44 heavy (non-hydrogen) atoms. The van der Waals surface area contributed by atoms with Crippen molar-refractivity contribution in [2.45, 2.75) is 127 Å². The highest BCUT2D eigenvalue weighted by Crippen LogP contribution is 2.27. The van der Waals surface area contributed by atoms with Crippen molar-refractivity contribution in [3.8, 4) is 0 Å². The van der Waals surface area contributed by atoms with Crippen molar-refractivity contribution in [2.75, 3.05) is 13.7 Å². The molecule has 1 atom stereocenters. The number of Topliss-reactive ketones (excluding diaryl/α,β-unsaturated/α-hetero) is 1. The summed E-state index contributed by atoms with van der Waals surface area (Å²) in [6.07, 6.45) is 14.9. The summed E-state index contributed by atoms with van der Waals surface area (Å²) >= 11 is 0. The maximum absolute atomic E-state index is 14.6. The third kappa shape index (κ3) is 17.9. The summed E-state index contributed by atoms with van der Waals surface area (Å²) in [4.78, 5) is 23.9. The van der Waals surface area contributed by atoms with Crippen molar-refractivity contribution >= 4 is 17.3 Å². The molecule has 0 spiro atoms. The Balaban J connectivity index is 0. The van der Waals surface area contributed by atoms with Gasteiger partial charge >= 0.3 is 5.97 Å². The Kier molecular flexibility index (Phi) is 22.9. The van der Waals surface area contributed by atoms with Crippen molar-refractivity contribution in [1.29, 1.82) is 0 Å². The van der Waals surface area contributed by atoms with Crippen LogP contribution in [0.5, 0.6) is 0 Å². The first-order valence-electron chi connectivity index (χ1n) is 16.1. The molecule has 0 fully saturated rings. The van der Waals surface area contributed by atoms with Gasteiger partial charge in [0.05, 0.1) is 12.2 Å². The zero-order valence-corrected chi connectivity index (χ0v) is 29.7. The van der Waals surface area contributed by atoms with Crippen LogP contribution in [0.25, 0.3) is 5.57 Å². The molecule has 0 aliphatic heterocycles. The van der Waals surface area contributed by atoms with E-state index in [4.69, 9.17) is 4.74 Å². The molecule has 0 radical (unpaired) electrons. The molecule has 1 aromatic rings. The number of allylic oxidation sites excluding steroid dienone is 5. The Morgan fingerprint density at radius 3 is 1.75 bits per heavy atom. The molecule has 0 saturated carbocycles. The van der Waals surface area contributed by atoms with Crippen molar-refractivity contribution in [1.82, 2.24) is 4.90 Å². The van der Waals surface area contributed by atoms with Crippen molar-refractivity contribution in [2.24, 2.45) is 5.41 Å². The van der Waals surface area contributed by atoms with Crippen LogP contribution in [0.15, 0.2) is 54.8 Å². The van der Waals surface area contributed by atoms with Gasteiger partial charge in [0.1, 0.15) is 11.6 Å². The number of halogens is 2. The number of carbonyl (C=O) groups is 2. The van der Waals surface area contributed by atoms with Crippen LogP contribution < -0.4 is 0 Å². The number of nitrogens with zero attached hydrogens (tertiary/aromatic N) is 1. The highest BCUT2D eigenvalue weighted by molar-refractivity contribution is 5.94. The second-order valence-corrected chi connectivity index (χ2v) is 12.3. The molecule has 0 heterocycles. The fraction of sp³-hybridized carbons (Fsp3) is 0.579. The van der Waals surface area contributed by atoms with Gasteiger partial charge in [-0.15, -0.1) is 0 Å². The maximum atomic E-state index is 14.6. The summed E-state index contributed by atoms with van der Waals surface area (Å²) < 4.78 is 33.6. The largest absolute Gasteiger partial charge is 0.465 e. The van der Waals surface area contributed by atoms with Gasteiger partial charge in [0, 0.05) is 31.3 Å². The van der Waals surface area contributed by atoms with Gasteiger partial charge in [0.15, 0.2) is 5.78 Å². The van der Waals surface area contributed by atoms with Crippen molar-refractivity contribution in [3.05, 3.63) is 77.6 Å². The molecule has 1 unspecified atom stereocenters. The number of ketones is 1. The van der Waals surface area contributed by atoms with Gasteiger partial charge in [0.2, 0.25) is 0 Å². The molecule has 1 rings (SSSR count). The lowest BCUT2D eigenvalue weighted by Gasteiger charge is -2.32. The minimum Gasteiger partial charge on any atom is -0.465 e. The summed E-state index contributed by atoms with van der Waals surface area (Å²) in [5.74, 6) is -2.06. The van der Waals surface area contributed by atoms with Crippen molar-refractivity contribution in [3.63, 3.8) is 0 Å².